The SMILES string of the molecule is CCCCCCCCCCCCCCCCCO[Si](C)(C)OCCOC. The standard InChI is InChI=1S/C22H48O3Si/c1-5-6-7-8-9-10-11-12-13-14-15-16-17-18-19-20-24-26(3,4)25-22-21-23-2/h5-22H2,1-4H3. The molecule has 0 aliphatic carbocycles. The van der Waals surface area contributed by atoms with Crippen LogP contribution in [0.25, 0.3) is 0 Å². The minimum absolute atomic E-state index is 0.647. The molecule has 4 heteroatoms. The Morgan fingerprint density at radius 2 is 0.885 bits per heavy atom. The molecule has 3 nitrogen and oxygen atoms in total. The van der Waals surface area contributed by atoms with Gasteiger partial charge in [-0.2, -0.15) is 0 Å². The first kappa shape index (κ1) is 26.1. The molecular formula is C22H48O3Si. The Morgan fingerprint density at radius 3 is 1.31 bits per heavy atom. The van der Waals surface area contributed by atoms with Gasteiger partial charge in [0.25, 0.3) is 0 Å². The highest BCUT2D eigenvalue weighted by atomic mass is 28.4. The van der Waals surface area contributed by atoms with Gasteiger partial charge in [-0.15, -0.1) is 0 Å². The molecule has 0 saturated carbocycles. The minimum atomic E-state index is -1.93. The van der Waals surface area contributed by atoms with E-state index in [-0.39, 0.29) is 0 Å². The molecule has 0 saturated heterocycles. The van der Waals surface area contributed by atoms with Crippen LogP contribution in [-0.2, 0) is 13.6 Å². The molecule has 0 aromatic rings. The third-order valence-electron chi connectivity index (χ3n) is 4.93. The van der Waals surface area contributed by atoms with Crippen LogP contribution in [-0.4, -0.2) is 35.5 Å². The topological polar surface area (TPSA) is 27.7 Å². The van der Waals surface area contributed by atoms with Crippen molar-refractivity contribution in [1.29, 1.82) is 0 Å². The smallest absolute Gasteiger partial charge is 0.331 e. The lowest BCUT2D eigenvalue weighted by atomic mass is 10.0. The number of hydrogen-bond acceptors (Lipinski definition) is 3. The molecule has 0 aliphatic heterocycles. The van der Waals surface area contributed by atoms with Crippen molar-refractivity contribution >= 4 is 8.56 Å². The number of hydrogen-bond donors (Lipinski definition) is 0. The van der Waals surface area contributed by atoms with Crippen LogP contribution in [0.2, 0.25) is 13.1 Å². The second-order valence-corrected chi connectivity index (χ2v) is 11.4. The first-order chi connectivity index (χ1) is 12.6. The monoisotopic (exact) mass is 388 g/mol. The lowest BCUT2D eigenvalue weighted by Crippen LogP contribution is -2.36. The molecule has 0 aromatic carbocycles. The predicted octanol–water partition coefficient (Wildman–Crippen LogP) is 7.24. The number of ether oxygens (including phenoxy) is 1. The van der Waals surface area contributed by atoms with Gasteiger partial charge in [-0.25, -0.2) is 0 Å². The Labute approximate surface area is 165 Å². The van der Waals surface area contributed by atoms with E-state index < -0.39 is 8.56 Å². The summed E-state index contributed by atoms with van der Waals surface area (Å²) in [5.41, 5.74) is 0. The molecule has 26 heavy (non-hydrogen) atoms. The zero-order chi connectivity index (χ0) is 19.3. The first-order valence-corrected chi connectivity index (χ1v) is 14.2. The maximum atomic E-state index is 5.95. The fraction of sp³-hybridized carbons (Fsp3) is 1.00. The Balaban J connectivity index is 3.17. The lowest BCUT2D eigenvalue weighted by Gasteiger charge is -2.22. The van der Waals surface area contributed by atoms with E-state index in [1.54, 1.807) is 7.11 Å². The zero-order valence-corrected chi connectivity index (χ0v) is 19.5. The first-order valence-electron chi connectivity index (χ1n) is 11.4. The Morgan fingerprint density at radius 1 is 0.500 bits per heavy atom. The molecule has 0 unspecified atom stereocenters. The Kier molecular flexibility index (Phi) is 19.9. The Bertz CT molecular complexity index is 272. The molecular weight excluding hydrogens is 340 g/mol. The van der Waals surface area contributed by atoms with E-state index in [0.717, 1.165) is 6.61 Å². The molecule has 0 aromatic heterocycles. The van der Waals surface area contributed by atoms with Gasteiger partial charge in [-0.1, -0.05) is 96.8 Å². The summed E-state index contributed by atoms with van der Waals surface area (Å²) in [6.45, 7) is 8.68. The summed E-state index contributed by atoms with van der Waals surface area (Å²) in [5.74, 6) is 0. The van der Waals surface area contributed by atoms with E-state index in [2.05, 4.69) is 20.0 Å². The van der Waals surface area contributed by atoms with Gasteiger partial charge in [-0.3, -0.25) is 0 Å². The van der Waals surface area contributed by atoms with Crippen LogP contribution in [0.4, 0.5) is 0 Å². The molecule has 0 radical (unpaired) electrons. The van der Waals surface area contributed by atoms with Crippen LogP contribution in [0.1, 0.15) is 103 Å². The van der Waals surface area contributed by atoms with Crippen LogP contribution in [0.15, 0.2) is 0 Å². The third kappa shape index (κ3) is 20.4. The molecule has 158 valence electrons. The van der Waals surface area contributed by atoms with E-state index in [9.17, 15) is 0 Å². The maximum Gasteiger partial charge on any atom is 0.331 e. The van der Waals surface area contributed by atoms with Crippen molar-refractivity contribution in [2.24, 2.45) is 0 Å². The van der Waals surface area contributed by atoms with Gasteiger partial charge in [0.2, 0.25) is 0 Å². The highest BCUT2D eigenvalue weighted by Crippen LogP contribution is 2.14. The van der Waals surface area contributed by atoms with Crippen molar-refractivity contribution in [2.45, 2.75) is 116 Å². The maximum absolute atomic E-state index is 5.95. The summed E-state index contributed by atoms with van der Waals surface area (Å²) in [7, 11) is -0.225. The van der Waals surface area contributed by atoms with Gasteiger partial charge in [0.05, 0.1) is 13.2 Å². The van der Waals surface area contributed by atoms with Crippen molar-refractivity contribution in [3.8, 4) is 0 Å². The van der Waals surface area contributed by atoms with Gasteiger partial charge in [0.15, 0.2) is 0 Å². The van der Waals surface area contributed by atoms with E-state index in [4.69, 9.17) is 13.6 Å². The zero-order valence-electron chi connectivity index (χ0n) is 18.5. The summed E-state index contributed by atoms with van der Waals surface area (Å²) >= 11 is 0. The van der Waals surface area contributed by atoms with Crippen molar-refractivity contribution < 1.29 is 13.6 Å². The van der Waals surface area contributed by atoms with Crippen LogP contribution >= 0.6 is 0 Å². The van der Waals surface area contributed by atoms with Gasteiger partial charge in [0.1, 0.15) is 0 Å². The highest BCUT2D eigenvalue weighted by Gasteiger charge is 2.23. The average Bonchev–Trinajstić information content (AvgIpc) is 2.61. The predicted molar refractivity (Wildman–Crippen MR) is 116 cm³/mol. The molecule has 0 rings (SSSR count). The quantitative estimate of drug-likeness (QED) is 0.153. The average molecular weight is 389 g/mol. The van der Waals surface area contributed by atoms with Crippen LogP contribution in [0, 0.1) is 0 Å². The van der Waals surface area contributed by atoms with E-state index >= 15 is 0 Å². The molecule has 0 atom stereocenters. The van der Waals surface area contributed by atoms with Crippen LogP contribution in [0.5, 0.6) is 0 Å². The van der Waals surface area contributed by atoms with Crippen molar-refractivity contribution in [1.82, 2.24) is 0 Å². The summed E-state index contributed by atoms with van der Waals surface area (Å²) in [6, 6.07) is 0. The minimum Gasteiger partial charge on any atom is -0.395 e. The van der Waals surface area contributed by atoms with Gasteiger partial charge >= 0.3 is 8.56 Å². The van der Waals surface area contributed by atoms with Crippen molar-refractivity contribution in [2.75, 3.05) is 26.9 Å². The highest BCUT2D eigenvalue weighted by molar-refractivity contribution is 6.64. The number of rotatable bonds is 21. The fourth-order valence-corrected chi connectivity index (χ4v) is 4.50. The van der Waals surface area contributed by atoms with E-state index in [0.29, 0.717) is 13.2 Å². The molecule has 0 N–H and O–H groups in total. The van der Waals surface area contributed by atoms with E-state index in [1.165, 1.54) is 96.3 Å². The summed E-state index contributed by atoms with van der Waals surface area (Å²) < 4.78 is 16.8. The molecule has 0 spiro atoms. The molecule has 0 aliphatic rings. The van der Waals surface area contributed by atoms with Crippen LogP contribution < -0.4 is 0 Å². The molecule has 0 amide bonds. The number of methoxy groups -OCH3 is 1. The van der Waals surface area contributed by atoms with Crippen molar-refractivity contribution in [3.05, 3.63) is 0 Å². The third-order valence-corrected chi connectivity index (χ3v) is 6.73. The molecule has 0 heterocycles. The fourth-order valence-electron chi connectivity index (χ4n) is 3.20. The Hall–Kier alpha value is 0.0969. The second-order valence-electron chi connectivity index (χ2n) is 8.04. The summed E-state index contributed by atoms with van der Waals surface area (Å²) in [5, 5.41) is 0. The lowest BCUT2D eigenvalue weighted by molar-refractivity contribution is 0.112. The number of unbranched alkanes of at least 4 members (excludes halogenated alkanes) is 14. The van der Waals surface area contributed by atoms with Crippen molar-refractivity contribution in [3.63, 3.8) is 0 Å². The van der Waals surface area contributed by atoms with E-state index in [1.807, 2.05) is 0 Å². The normalized spacial score (nSPS) is 12.0. The molecule has 0 bridgehead atoms. The summed E-state index contributed by atoms with van der Waals surface area (Å²) in [6.07, 6.45) is 21.0. The van der Waals surface area contributed by atoms with Gasteiger partial charge < -0.3 is 13.6 Å². The molecule has 0 fully saturated rings. The van der Waals surface area contributed by atoms with Gasteiger partial charge in [-0.05, 0) is 19.5 Å². The largest absolute Gasteiger partial charge is 0.395 e. The van der Waals surface area contributed by atoms with Crippen LogP contribution in [0.3, 0.4) is 0 Å². The second kappa shape index (κ2) is 19.8. The van der Waals surface area contributed by atoms with Gasteiger partial charge in [0, 0.05) is 13.7 Å². The summed E-state index contributed by atoms with van der Waals surface area (Å²) in [4.78, 5) is 0.